The number of amides is 1. The van der Waals surface area contributed by atoms with Gasteiger partial charge in [0, 0.05) is 24.8 Å². The fraction of sp³-hybridized carbons (Fsp3) is 0.529. The Bertz CT molecular complexity index is 610. The lowest BCUT2D eigenvalue weighted by molar-refractivity contribution is -0.121. The Labute approximate surface area is 134 Å². The summed E-state index contributed by atoms with van der Waals surface area (Å²) in [4.78, 5) is 23.7. The Balaban J connectivity index is 2.21. The Hall–Kier alpha value is -1.98. The lowest BCUT2D eigenvalue weighted by Gasteiger charge is -2.32. The van der Waals surface area contributed by atoms with Gasteiger partial charge in [-0.25, -0.2) is 13.6 Å². The van der Waals surface area contributed by atoms with Gasteiger partial charge in [0.2, 0.25) is 0 Å². The number of halogens is 2. The maximum atomic E-state index is 14.0. The molecule has 0 unspecified atom stereocenters. The Morgan fingerprint density at radius 2 is 2.00 bits per heavy atom. The number of benzene rings is 1. The summed E-state index contributed by atoms with van der Waals surface area (Å²) in [5.41, 5.74) is -0.499. The molecule has 4 nitrogen and oxygen atoms in total. The highest BCUT2D eigenvalue weighted by atomic mass is 19.1. The monoisotopic (exact) mass is 325 g/mol. The molecule has 2 rings (SSSR count). The van der Waals surface area contributed by atoms with Crippen molar-refractivity contribution >= 4 is 11.9 Å². The van der Waals surface area contributed by atoms with E-state index < -0.39 is 35.3 Å². The van der Waals surface area contributed by atoms with E-state index in [4.69, 9.17) is 4.74 Å². The molecule has 1 fully saturated rings. The molecule has 1 aromatic rings. The number of Topliss-reactive ketones (excluding diaryl/α,β-unsaturated/α-hetero) is 1. The molecule has 1 saturated carbocycles. The molecule has 1 aliphatic carbocycles. The van der Waals surface area contributed by atoms with Gasteiger partial charge in [-0.2, -0.15) is 0 Å². The highest BCUT2D eigenvalue weighted by molar-refractivity contribution is 5.81. The minimum Gasteiger partial charge on any atom is -0.444 e. The van der Waals surface area contributed by atoms with Crippen LogP contribution in [-0.2, 0) is 9.53 Å². The predicted molar refractivity (Wildman–Crippen MR) is 81.1 cm³/mol. The molecular formula is C17H21F2NO3. The van der Waals surface area contributed by atoms with Crippen LogP contribution in [0.2, 0.25) is 0 Å². The van der Waals surface area contributed by atoms with Crippen molar-refractivity contribution in [2.24, 2.45) is 0 Å². The van der Waals surface area contributed by atoms with Crippen molar-refractivity contribution < 1.29 is 23.1 Å². The normalized spacial score (nSPS) is 21.9. The van der Waals surface area contributed by atoms with Gasteiger partial charge in [0.1, 0.15) is 23.0 Å². The first-order valence-corrected chi connectivity index (χ1v) is 7.62. The zero-order chi connectivity index (χ0) is 17.2. The van der Waals surface area contributed by atoms with E-state index in [1.807, 2.05) is 0 Å². The molecule has 1 amide bonds. The van der Waals surface area contributed by atoms with E-state index in [2.05, 4.69) is 5.32 Å². The van der Waals surface area contributed by atoms with Crippen molar-refractivity contribution in [3.63, 3.8) is 0 Å². The van der Waals surface area contributed by atoms with Gasteiger partial charge >= 0.3 is 6.09 Å². The summed E-state index contributed by atoms with van der Waals surface area (Å²) in [6.07, 6.45) is 0.0612. The number of ether oxygens (including phenoxy) is 1. The highest BCUT2D eigenvalue weighted by Crippen LogP contribution is 2.33. The summed E-state index contributed by atoms with van der Waals surface area (Å²) in [5.74, 6) is -1.56. The largest absolute Gasteiger partial charge is 0.444 e. The quantitative estimate of drug-likeness (QED) is 0.902. The third kappa shape index (κ3) is 4.74. The van der Waals surface area contributed by atoms with Gasteiger partial charge in [-0.15, -0.1) is 0 Å². The van der Waals surface area contributed by atoms with Crippen molar-refractivity contribution in [1.82, 2.24) is 5.32 Å². The van der Waals surface area contributed by atoms with E-state index in [9.17, 15) is 18.4 Å². The second kappa shape index (κ2) is 6.64. The van der Waals surface area contributed by atoms with E-state index >= 15 is 0 Å². The third-order valence-corrected chi connectivity index (χ3v) is 3.73. The minimum absolute atomic E-state index is 0.0147. The van der Waals surface area contributed by atoms with Gasteiger partial charge < -0.3 is 10.1 Å². The van der Waals surface area contributed by atoms with E-state index in [0.717, 1.165) is 18.2 Å². The van der Waals surface area contributed by atoms with Crippen molar-refractivity contribution in [2.45, 2.75) is 57.6 Å². The van der Waals surface area contributed by atoms with Crippen LogP contribution in [0.4, 0.5) is 13.6 Å². The average Bonchev–Trinajstić information content (AvgIpc) is 2.40. The number of carbonyl (C=O) groups is 2. The molecule has 0 heterocycles. The van der Waals surface area contributed by atoms with Gasteiger partial charge in [-0.1, -0.05) is 0 Å². The van der Waals surface area contributed by atoms with Crippen LogP contribution in [0, 0.1) is 11.6 Å². The highest BCUT2D eigenvalue weighted by Gasteiger charge is 2.34. The van der Waals surface area contributed by atoms with Crippen LogP contribution in [0.3, 0.4) is 0 Å². The number of hydrogen-bond acceptors (Lipinski definition) is 3. The standard InChI is InChI=1S/C17H21F2NO3/c1-17(2,3)23-16(22)20-15-9-11(21)5-6-12(15)13-8-10(18)4-7-14(13)19/h4,7-8,12,15H,5-6,9H2,1-3H3,(H,20,22)/t12-,15+/m1/s1. The summed E-state index contributed by atoms with van der Waals surface area (Å²) in [6.45, 7) is 5.17. The number of alkyl carbamates (subject to hydrolysis) is 1. The molecule has 0 radical (unpaired) electrons. The first-order valence-electron chi connectivity index (χ1n) is 7.62. The Morgan fingerprint density at radius 1 is 1.30 bits per heavy atom. The zero-order valence-electron chi connectivity index (χ0n) is 13.5. The number of ketones is 1. The summed E-state index contributed by atoms with van der Waals surface area (Å²) >= 11 is 0. The minimum atomic E-state index is -0.678. The second-order valence-corrected chi connectivity index (χ2v) is 6.81. The van der Waals surface area contributed by atoms with Crippen molar-refractivity contribution in [1.29, 1.82) is 0 Å². The summed E-state index contributed by atoms with van der Waals surface area (Å²) in [6, 6.07) is 2.62. The smallest absolute Gasteiger partial charge is 0.407 e. The molecule has 0 aromatic heterocycles. The molecule has 126 valence electrons. The van der Waals surface area contributed by atoms with Crippen LogP contribution in [0.25, 0.3) is 0 Å². The van der Waals surface area contributed by atoms with Gasteiger partial charge in [0.25, 0.3) is 0 Å². The predicted octanol–water partition coefficient (Wildman–Crippen LogP) is 3.69. The first-order chi connectivity index (χ1) is 10.7. The van der Waals surface area contributed by atoms with Crippen LogP contribution in [0.5, 0.6) is 0 Å². The van der Waals surface area contributed by atoms with Gasteiger partial charge in [0.15, 0.2) is 0 Å². The molecule has 0 aliphatic heterocycles. The Morgan fingerprint density at radius 3 is 2.65 bits per heavy atom. The van der Waals surface area contributed by atoms with E-state index in [-0.39, 0.29) is 24.2 Å². The molecule has 0 bridgehead atoms. The number of rotatable bonds is 2. The van der Waals surface area contributed by atoms with E-state index in [0.29, 0.717) is 6.42 Å². The number of nitrogens with one attached hydrogen (secondary N) is 1. The van der Waals surface area contributed by atoms with Gasteiger partial charge in [0.05, 0.1) is 0 Å². The van der Waals surface area contributed by atoms with Crippen LogP contribution in [-0.4, -0.2) is 23.5 Å². The molecular weight excluding hydrogens is 304 g/mol. The number of carbonyl (C=O) groups excluding carboxylic acids is 2. The van der Waals surface area contributed by atoms with Crippen molar-refractivity contribution in [3.8, 4) is 0 Å². The molecule has 1 aliphatic rings. The summed E-state index contributed by atoms with van der Waals surface area (Å²) < 4.78 is 32.7. The first kappa shape index (κ1) is 17.4. The second-order valence-electron chi connectivity index (χ2n) is 6.81. The van der Waals surface area contributed by atoms with Crippen molar-refractivity contribution in [2.75, 3.05) is 0 Å². The molecule has 0 spiro atoms. The van der Waals surface area contributed by atoms with Crippen LogP contribution < -0.4 is 5.32 Å². The van der Waals surface area contributed by atoms with Gasteiger partial charge in [-0.3, -0.25) is 4.79 Å². The van der Waals surface area contributed by atoms with Crippen LogP contribution >= 0.6 is 0 Å². The number of hydrogen-bond donors (Lipinski definition) is 1. The SMILES string of the molecule is CC(C)(C)OC(=O)N[C@H]1CC(=O)CC[C@@H]1c1cc(F)ccc1F. The van der Waals surface area contributed by atoms with Crippen LogP contribution in [0.1, 0.15) is 51.5 Å². The van der Waals surface area contributed by atoms with E-state index in [1.54, 1.807) is 20.8 Å². The molecule has 2 atom stereocenters. The maximum absolute atomic E-state index is 14.0. The fourth-order valence-electron chi connectivity index (χ4n) is 2.79. The lowest BCUT2D eigenvalue weighted by Crippen LogP contribution is -2.45. The Kier molecular flexibility index (Phi) is 5.02. The summed E-state index contributed by atoms with van der Waals surface area (Å²) in [7, 11) is 0. The third-order valence-electron chi connectivity index (χ3n) is 3.73. The van der Waals surface area contributed by atoms with Crippen molar-refractivity contribution in [3.05, 3.63) is 35.4 Å². The zero-order valence-corrected chi connectivity index (χ0v) is 13.5. The van der Waals surface area contributed by atoms with Crippen LogP contribution in [0.15, 0.2) is 18.2 Å². The van der Waals surface area contributed by atoms with E-state index in [1.165, 1.54) is 0 Å². The average molecular weight is 325 g/mol. The molecule has 23 heavy (non-hydrogen) atoms. The molecule has 1 aromatic carbocycles. The van der Waals surface area contributed by atoms with Gasteiger partial charge in [-0.05, 0) is 51.0 Å². The fourth-order valence-corrected chi connectivity index (χ4v) is 2.79. The topological polar surface area (TPSA) is 55.4 Å². The molecule has 6 heteroatoms. The lowest BCUT2D eigenvalue weighted by atomic mass is 9.79. The maximum Gasteiger partial charge on any atom is 0.407 e. The molecule has 1 N–H and O–H groups in total. The summed E-state index contributed by atoms with van der Waals surface area (Å²) in [5, 5.41) is 2.63. The molecule has 0 saturated heterocycles.